The topological polar surface area (TPSA) is 105 Å². The fraction of sp³-hybridized carbons (Fsp3) is 0.786. The number of nitrogens with one attached hydrogen (secondary N) is 2. The second kappa shape index (κ2) is 10.1. The third-order valence-electron chi connectivity index (χ3n) is 3.61. The minimum Gasteiger partial charge on any atom is -0.481 e. The number of carboxylic acids is 1. The molecule has 7 heteroatoms. The van der Waals surface area contributed by atoms with E-state index in [-0.39, 0.29) is 31.2 Å². The zero-order valence-electron chi connectivity index (χ0n) is 13.0. The Bertz CT molecular complexity index is 353. The van der Waals surface area contributed by atoms with Crippen LogP contribution >= 0.6 is 0 Å². The van der Waals surface area contributed by atoms with Crippen molar-refractivity contribution >= 4 is 17.8 Å². The highest BCUT2D eigenvalue weighted by Crippen LogP contribution is 2.30. The number of carbonyl (C=O) groups is 3. The van der Waals surface area contributed by atoms with E-state index in [4.69, 9.17) is 4.74 Å². The molecule has 0 aromatic rings. The minimum atomic E-state index is -1.02. The molecule has 0 atom stereocenters. The predicted octanol–water partition coefficient (Wildman–Crippen LogP) is 0.536. The summed E-state index contributed by atoms with van der Waals surface area (Å²) in [5, 5.41) is 14.5. The van der Waals surface area contributed by atoms with Crippen molar-refractivity contribution in [1.82, 2.24) is 10.6 Å². The first-order valence-electron chi connectivity index (χ1n) is 7.17. The second-order valence-corrected chi connectivity index (χ2v) is 4.91. The zero-order chi connectivity index (χ0) is 16.3. The largest absolute Gasteiger partial charge is 0.481 e. The summed E-state index contributed by atoms with van der Waals surface area (Å²) in [5.41, 5.74) is -1.02. The lowest BCUT2D eigenvalue weighted by atomic mass is 9.79. The Hall–Kier alpha value is -1.63. The van der Waals surface area contributed by atoms with E-state index in [2.05, 4.69) is 10.6 Å². The Morgan fingerprint density at radius 2 is 1.62 bits per heavy atom. The molecule has 0 aromatic heterocycles. The van der Waals surface area contributed by atoms with Crippen molar-refractivity contribution in [3.63, 3.8) is 0 Å². The summed E-state index contributed by atoms with van der Waals surface area (Å²) in [5.74, 6) is -1.48. The Morgan fingerprint density at radius 3 is 2.10 bits per heavy atom. The molecule has 0 unspecified atom stereocenters. The molecule has 0 saturated carbocycles. The summed E-state index contributed by atoms with van der Waals surface area (Å²) in [6.45, 7) is 4.58. The average molecular weight is 302 g/mol. The Balaban J connectivity index is 4.09. The monoisotopic (exact) mass is 302 g/mol. The van der Waals surface area contributed by atoms with Crippen molar-refractivity contribution in [2.45, 2.75) is 39.5 Å². The van der Waals surface area contributed by atoms with E-state index < -0.39 is 11.4 Å². The van der Waals surface area contributed by atoms with Crippen molar-refractivity contribution in [1.29, 1.82) is 0 Å². The quantitative estimate of drug-likeness (QED) is 0.483. The van der Waals surface area contributed by atoms with Crippen LogP contribution in [0.2, 0.25) is 0 Å². The molecule has 7 nitrogen and oxygen atoms in total. The lowest BCUT2D eigenvalue weighted by Crippen LogP contribution is -2.38. The molecule has 0 radical (unpaired) electrons. The number of carboxylic acid groups (broad SMARTS) is 1. The van der Waals surface area contributed by atoms with Crippen molar-refractivity contribution in [2.75, 3.05) is 26.8 Å². The van der Waals surface area contributed by atoms with Gasteiger partial charge in [-0.05, 0) is 12.8 Å². The van der Waals surface area contributed by atoms with Gasteiger partial charge in [0.25, 0.3) is 0 Å². The second-order valence-electron chi connectivity index (χ2n) is 4.91. The van der Waals surface area contributed by atoms with E-state index in [1.807, 2.05) is 0 Å². The molecular weight excluding hydrogens is 276 g/mol. The third kappa shape index (κ3) is 7.08. The fourth-order valence-corrected chi connectivity index (χ4v) is 1.94. The maximum Gasteiger partial charge on any atom is 0.310 e. The molecule has 2 amide bonds. The highest BCUT2D eigenvalue weighted by molar-refractivity contribution is 5.85. The molecule has 122 valence electrons. The molecule has 0 bridgehead atoms. The number of hydrogen-bond acceptors (Lipinski definition) is 4. The third-order valence-corrected chi connectivity index (χ3v) is 3.61. The zero-order valence-corrected chi connectivity index (χ0v) is 13.0. The van der Waals surface area contributed by atoms with Crippen molar-refractivity contribution in [2.24, 2.45) is 5.41 Å². The van der Waals surface area contributed by atoms with Gasteiger partial charge < -0.3 is 20.5 Å². The summed E-state index contributed by atoms with van der Waals surface area (Å²) in [7, 11) is 1.54. The molecule has 0 spiro atoms. The molecule has 0 aromatic carbocycles. The maximum atomic E-state index is 11.8. The molecule has 0 saturated heterocycles. The van der Waals surface area contributed by atoms with Crippen LogP contribution in [0.25, 0.3) is 0 Å². The lowest BCUT2D eigenvalue weighted by molar-refractivity contribution is -0.152. The number of ether oxygens (including phenoxy) is 1. The van der Waals surface area contributed by atoms with Gasteiger partial charge >= 0.3 is 5.97 Å². The normalized spacial score (nSPS) is 11.0. The van der Waals surface area contributed by atoms with Crippen LogP contribution in [-0.2, 0) is 19.1 Å². The van der Waals surface area contributed by atoms with Crippen LogP contribution in [0, 0.1) is 5.41 Å². The van der Waals surface area contributed by atoms with E-state index in [1.165, 1.54) is 0 Å². The number of aliphatic carboxylic acids is 1. The van der Waals surface area contributed by atoms with Gasteiger partial charge in [-0.25, -0.2) is 0 Å². The van der Waals surface area contributed by atoms with Crippen molar-refractivity contribution in [3.8, 4) is 0 Å². The van der Waals surface area contributed by atoms with Crippen LogP contribution in [0.4, 0.5) is 0 Å². The number of methoxy groups -OCH3 is 1. The Morgan fingerprint density at radius 1 is 1.05 bits per heavy atom. The molecular formula is C14H26N2O5. The lowest BCUT2D eigenvalue weighted by Gasteiger charge is -2.25. The first-order valence-corrected chi connectivity index (χ1v) is 7.17. The highest BCUT2D eigenvalue weighted by atomic mass is 16.5. The van der Waals surface area contributed by atoms with Crippen LogP contribution in [0.15, 0.2) is 0 Å². The van der Waals surface area contributed by atoms with Crippen LogP contribution in [0.3, 0.4) is 0 Å². The van der Waals surface area contributed by atoms with E-state index in [9.17, 15) is 19.5 Å². The number of hydrogen-bond donors (Lipinski definition) is 3. The smallest absolute Gasteiger partial charge is 0.310 e. The number of amides is 2. The van der Waals surface area contributed by atoms with Crippen molar-refractivity contribution < 1.29 is 24.2 Å². The first kappa shape index (κ1) is 19.4. The van der Waals surface area contributed by atoms with E-state index >= 15 is 0 Å². The summed E-state index contributed by atoms with van der Waals surface area (Å²) >= 11 is 0. The standard InChI is InChI=1S/C14H26N2O5/c1-4-14(5-2,13(19)20)10-12(18)15-7-6-11(17)16-8-9-21-3/h4-10H2,1-3H3,(H,15,18)(H,16,17)(H,19,20). The number of rotatable bonds is 11. The van der Waals surface area contributed by atoms with E-state index in [1.54, 1.807) is 21.0 Å². The summed E-state index contributed by atoms with van der Waals surface area (Å²) in [4.78, 5) is 34.5. The van der Waals surface area contributed by atoms with E-state index in [0.717, 1.165) is 0 Å². The van der Waals surface area contributed by atoms with Gasteiger partial charge in [-0.3, -0.25) is 14.4 Å². The number of carbonyl (C=O) groups excluding carboxylic acids is 2. The summed E-state index contributed by atoms with van der Waals surface area (Å²) < 4.78 is 4.80. The van der Waals surface area contributed by atoms with Gasteiger partial charge in [0.1, 0.15) is 0 Å². The van der Waals surface area contributed by atoms with Crippen LogP contribution in [-0.4, -0.2) is 49.7 Å². The van der Waals surface area contributed by atoms with Gasteiger partial charge in [0.2, 0.25) is 11.8 Å². The summed E-state index contributed by atoms with van der Waals surface area (Å²) in [6.07, 6.45) is 0.877. The maximum absolute atomic E-state index is 11.8. The molecule has 0 aliphatic carbocycles. The average Bonchev–Trinajstić information content (AvgIpc) is 2.44. The van der Waals surface area contributed by atoms with Crippen LogP contribution < -0.4 is 10.6 Å². The molecule has 0 heterocycles. The van der Waals surface area contributed by atoms with Gasteiger partial charge in [0.15, 0.2) is 0 Å². The highest BCUT2D eigenvalue weighted by Gasteiger charge is 2.36. The molecule has 0 rings (SSSR count). The molecule has 0 fully saturated rings. The Labute approximate surface area is 125 Å². The molecule has 3 N–H and O–H groups in total. The first-order chi connectivity index (χ1) is 9.91. The van der Waals surface area contributed by atoms with Crippen LogP contribution in [0.1, 0.15) is 39.5 Å². The van der Waals surface area contributed by atoms with Gasteiger partial charge in [-0.2, -0.15) is 0 Å². The molecule has 0 aliphatic heterocycles. The Kier molecular flexibility index (Phi) is 9.36. The van der Waals surface area contributed by atoms with Gasteiger partial charge in [-0.1, -0.05) is 13.8 Å². The van der Waals surface area contributed by atoms with Gasteiger partial charge in [0, 0.05) is 33.0 Å². The summed E-state index contributed by atoms with van der Waals surface area (Å²) in [6, 6.07) is 0. The van der Waals surface area contributed by atoms with Gasteiger partial charge in [0.05, 0.1) is 12.0 Å². The molecule has 0 aliphatic rings. The fourth-order valence-electron chi connectivity index (χ4n) is 1.94. The van der Waals surface area contributed by atoms with Crippen LogP contribution in [0.5, 0.6) is 0 Å². The SMILES string of the molecule is CCC(CC)(CC(=O)NCCC(=O)NCCOC)C(=O)O. The predicted molar refractivity (Wildman–Crippen MR) is 77.8 cm³/mol. The van der Waals surface area contributed by atoms with Gasteiger partial charge in [-0.15, -0.1) is 0 Å². The van der Waals surface area contributed by atoms with Crippen molar-refractivity contribution in [3.05, 3.63) is 0 Å². The molecule has 21 heavy (non-hydrogen) atoms. The minimum absolute atomic E-state index is 0.0688. The van der Waals surface area contributed by atoms with E-state index in [0.29, 0.717) is 26.0 Å².